The average Bonchev–Trinajstić information content (AvgIpc) is 2.53. The Kier molecular flexibility index (Phi) is 7.37. The number of nitrogens with one attached hydrogen (secondary N) is 2. The summed E-state index contributed by atoms with van der Waals surface area (Å²) >= 11 is 0. The van der Waals surface area contributed by atoms with Crippen LogP contribution in [0.3, 0.4) is 0 Å². The molecule has 2 unspecified atom stereocenters. The molecule has 0 amide bonds. The van der Waals surface area contributed by atoms with Crippen LogP contribution in [-0.2, 0) is 0 Å². The van der Waals surface area contributed by atoms with Crippen LogP contribution in [0.15, 0.2) is 0 Å². The lowest BCUT2D eigenvalue weighted by atomic mass is 9.84. The van der Waals surface area contributed by atoms with Crippen LogP contribution in [0.2, 0.25) is 0 Å². The second-order valence-corrected chi connectivity index (χ2v) is 7.28. The van der Waals surface area contributed by atoms with Crippen LogP contribution in [0.5, 0.6) is 0 Å². The van der Waals surface area contributed by atoms with Gasteiger partial charge in [0.2, 0.25) is 0 Å². The van der Waals surface area contributed by atoms with E-state index in [1.54, 1.807) is 0 Å². The molecule has 2 aliphatic carbocycles. The predicted octanol–water partition coefficient (Wildman–Crippen LogP) is 4.10. The van der Waals surface area contributed by atoms with Crippen molar-refractivity contribution in [2.45, 2.75) is 90.1 Å². The van der Waals surface area contributed by atoms with Crippen LogP contribution in [-0.4, -0.2) is 25.2 Å². The highest BCUT2D eigenvalue weighted by Crippen LogP contribution is 2.27. The standard InChI is InChI=1S/C18H36N2/c1-15(17-9-5-3-6-10-17)19-13-14-20-16(2)18-11-7-4-8-12-18/h15-20H,3-14H2,1-2H3. The minimum Gasteiger partial charge on any atom is -0.313 e. The van der Waals surface area contributed by atoms with Crippen molar-refractivity contribution in [1.29, 1.82) is 0 Å². The number of hydrogen-bond donors (Lipinski definition) is 2. The van der Waals surface area contributed by atoms with Gasteiger partial charge < -0.3 is 10.6 Å². The van der Waals surface area contributed by atoms with Crippen molar-refractivity contribution >= 4 is 0 Å². The van der Waals surface area contributed by atoms with Gasteiger partial charge in [-0.15, -0.1) is 0 Å². The smallest absolute Gasteiger partial charge is 0.00794 e. The summed E-state index contributed by atoms with van der Waals surface area (Å²) < 4.78 is 0. The molecule has 0 spiro atoms. The van der Waals surface area contributed by atoms with Crippen molar-refractivity contribution in [3.63, 3.8) is 0 Å². The Morgan fingerprint density at radius 3 is 1.35 bits per heavy atom. The van der Waals surface area contributed by atoms with Gasteiger partial charge in [-0.3, -0.25) is 0 Å². The molecule has 2 aliphatic rings. The van der Waals surface area contributed by atoms with Gasteiger partial charge in [0.15, 0.2) is 0 Å². The van der Waals surface area contributed by atoms with Gasteiger partial charge in [0.05, 0.1) is 0 Å². The Morgan fingerprint density at radius 2 is 1.00 bits per heavy atom. The van der Waals surface area contributed by atoms with Gasteiger partial charge in [0.1, 0.15) is 0 Å². The van der Waals surface area contributed by atoms with E-state index in [1.165, 1.54) is 64.2 Å². The molecule has 2 atom stereocenters. The summed E-state index contributed by atoms with van der Waals surface area (Å²) in [5, 5.41) is 7.50. The summed E-state index contributed by atoms with van der Waals surface area (Å²) in [6.45, 7) is 7.05. The lowest BCUT2D eigenvalue weighted by Gasteiger charge is -2.30. The van der Waals surface area contributed by atoms with Crippen LogP contribution >= 0.6 is 0 Å². The fraction of sp³-hybridized carbons (Fsp3) is 1.00. The van der Waals surface area contributed by atoms with Crippen molar-refractivity contribution in [3.05, 3.63) is 0 Å². The van der Waals surface area contributed by atoms with Crippen molar-refractivity contribution in [3.8, 4) is 0 Å². The van der Waals surface area contributed by atoms with E-state index in [9.17, 15) is 0 Å². The van der Waals surface area contributed by atoms with Gasteiger partial charge >= 0.3 is 0 Å². The zero-order valence-corrected chi connectivity index (χ0v) is 13.8. The largest absolute Gasteiger partial charge is 0.313 e. The van der Waals surface area contributed by atoms with Crippen LogP contribution < -0.4 is 10.6 Å². The molecule has 0 aromatic heterocycles. The molecule has 2 fully saturated rings. The molecule has 2 rings (SSSR count). The van der Waals surface area contributed by atoms with E-state index in [0.717, 1.165) is 24.9 Å². The quantitative estimate of drug-likeness (QED) is 0.686. The minimum absolute atomic E-state index is 0.710. The van der Waals surface area contributed by atoms with Gasteiger partial charge in [-0.2, -0.15) is 0 Å². The Hall–Kier alpha value is -0.0800. The lowest BCUT2D eigenvalue weighted by Crippen LogP contribution is -2.42. The van der Waals surface area contributed by atoms with Gasteiger partial charge in [-0.05, 0) is 51.4 Å². The molecule has 20 heavy (non-hydrogen) atoms. The van der Waals surface area contributed by atoms with Crippen LogP contribution in [0.4, 0.5) is 0 Å². The van der Waals surface area contributed by atoms with E-state index < -0.39 is 0 Å². The van der Waals surface area contributed by atoms with E-state index in [1.807, 2.05) is 0 Å². The Morgan fingerprint density at radius 1 is 0.650 bits per heavy atom. The second kappa shape index (κ2) is 9.04. The molecule has 0 aromatic carbocycles. The van der Waals surface area contributed by atoms with E-state index in [2.05, 4.69) is 24.5 Å². The SMILES string of the molecule is CC(NCCNC(C)C1CCCCC1)C1CCCCC1. The predicted molar refractivity (Wildman–Crippen MR) is 88.1 cm³/mol. The third kappa shape index (κ3) is 5.37. The topological polar surface area (TPSA) is 24.1 Å². The summed E-state index contributed by atoms with van der Waals surface area (Å²) in [5.41, 5.74) is 0. The fourth-order valence-corrected chi connectivity index (χ4v) is 4.20. The first-order valence-corrected chi connectivity index (χ1v) is 9.24. The van der Waals surface area contributed by atoms with Crippen LogP contribution in [0.1, 0.15) is 78.1 Å². The Labute approximate surface area is 126 Å². The molecular formula is C18H36N2. The molecule has 0 aliphatic heterocycles. The minimum atomic E-state index is 0.710. The highest BCUT2D eigenvalue weighted by Gasteiger charge is 2.21. The average molecular weight is 280 g/mol. The third-order valence-corrected chi connectivity index (χ3v) is 5.77. The first kappa shape index (κ1) is 16.3. The van der Waals surface area contributed by atoms with Gasteiger partial charge in [-0.25, -0.2) is 0 Å². The molecule has 0 saturated heterocycles. The maximum Gasteiger partial charge on any atom is 0.00794 e. The molecule has 0 bridgehead atoms. The molecule has 2 heteroatoms. The highest BCUT2D eigenvalue weighted by atomic mass is 15.0. The summed E-state index contributed by atoms with van der Waals surface area (Å²) in [5.74, 6) is 1.86. The monoisotopic (exact) mass is 280 g/mol. The summed E-state index contributed by atoms with van der Waals surface area (Å²) in [6.07, 6.45) is 14.5. The molecule has 2 N–H and O–H groups in total. The number of rotatable bonds is 7. The van der Waals surface area contributed by atoms with Gasteiger partial charge in [0.25, 0.3) is 0 Å². The van der Waals surface area contributed by atoms with Gasteiger partial charge in [-0.1, -0.05) is 38.5 Å². The highest BCUT2D eigenvalue weighted by molar-refractivity contribution is 4.78. The lowest BCUT2D eigenvalue weighted by molar-refractivity contribution is 0.267. The van der Waals surface area contributed by atoms with Crippen molar-refractivity contribution in [2.75, 3.05) is 13.1 Å². The fourth-order valence-electron chi connectivity index (χ4n) is 4.20. The summed E-state index contributed by atoms with van der Waals surface area (Å²) in [6, 6.07) is 1.42. The Bertz CT molecular complexity index is 216. The van der Waals surface area contributed by atoms with Crippen molar-refractivity contribution in [1.82, 2.24) is 10.6 Å². The molecule has 2 nitrogen and oxygen atoms in total. The molecule has 118 valence electrons. The zero-order valence-electron chi connectivity index (χ0n) is 13.8. The Balaban J connectivity index is 1.53. The zero-order chi connectivity index (χ0) is 14.2. The van der Waals surface area contributed by atoms with Crippen molar-refractivity contribution in [2.24, 2.45) is 11.8 Å². The molecule has 0 aromatic rings. The molecule has 2 saturated carbocycles. The first-order chi connectivity index (χ1) is 9.77. The van der Waals surface area contributed by atoms with E-state index in [0.29, 0.717) is 12.1 Å². The van der Waals surface area contributed by atoms with Crippen LogP contribution in [0, 0.1) is 11.8 Å². The molecular weight excluding hydrogens is 244 g/mol. The first-order valence-electron chi connectivity index (χ1n) is 9.24. The van der Waals surface area contributed by atoms with E-state index in [-0.39, 0.29) is 0 Å². The number of hydrogen-bond acceptors (Lipinski definition) is 2. The maximum absolute atomic E-state index is 3.75. The molecule has 0 heterocycles. The van der Waals surface area contributed by atoms with E-state index in [4.69, 9.17) is 0 Å². The van der Waals surface area contributed by atoms with Crippen molar-refractivity contribution < 1.29 is 0 Å². The van der Waals surface area contributed by atoms with Gasteiger partial charge in [0, 0.05) is 25.2 Å². The van der Waals surface area contributed by atoms with E-state index >= 15 is 0 Å². The van der Waals surface area contributed by atoms with Crippen LogP contribution in [0.25, 0.3) is 0 Å². The summed E-state index contributed by atoms with van der Waals surface area (Å²) in [7, 11) is 0. The maximum atomic E-state index is 3.75. The second-order valence-electron chi connectivity index (χ2n) is 7.28. The normalized spacial score (nSPS) is 25.5. The summed E-state index contributed by atoms with van der Waals surface area (Å²) in [4.78, 5) is 0. The molecule has 0 radical (unpaired) electrons. The third-order valence-electron chi connectivity index (χ3n) is 5.77.